The van der Waals surface area contributed by atoms with E-state index < -0.39 is 17.6 Å². The van der Waals surface area contributed by atoms with Crippen LogP contribution in [0.4, 0.5) is 5.82 Å². The van der Waals surface area contributed by atoms with E-state index in [0.717, 1.165) is 17.3 Å². The molecule has 1 atom stereocenters. The molecule has 196 valence electrons. The summed E-state index contributed by atoms with van der Waals surface area (Å²) in [4.78, 5) is 59.9. The van der Waals surface area contributed by atoms with Crippen LogP contribution in [-0.2, 0) is 23.9 Å². The number of methoxy groups -OCH3 is 2. The number of amides is 2. The number of fused-ring (bicyclic) bond motifs is 1. The number of carbonyl (C=O) groups excluding carboxylic acids is 3. The SMILES string of the molecule is COCCCN1C(=O)/C(=C/c2c(N3CCNC(=O)C3CC(=O)OC)nc3ccc(C)cn3c2=O)SC1=S. The zero-order valence-electron chi connectivity index (χ0n) is 20.7. The second kappa shape index (κ2) is 11.4. The van der Waals surface area contributed by atoms with Crippen molar-refractivity contribution < 1.29 is 23.9 Å². The fourth-order valence-electron chi connectivity index (χ4n) is 4.20. The van der Waals surface area contributed by atoms with E-state index in [1.807, 2.05) is 13.0 Å². The molecule has 2 saturated heterocycles. The molecule has 37 heavy (non-hydrogen) atoms. The molecule has 0 aromatic carbocycles. The molecule has 2 amide bonds. The van der Waals surface area contributed by atoms with Crippen molar-refractivity contribution in [2.75, 3.05) is 45.4 Å². The van der Waals surface area contributed by atoms with E-state index in [4.69, 9.17) is 26.7 Å². The van der Waals surface area contributed by atoms with Crippen molar-refractivity contribution in [3.63, 3.8) is 0 Å². The van der Waals surface area contributed by atoms with Crippen LogP contribution in [0.25, 0.3) is 11.7 Å². The first-order valence-corrected chi connectivity index (χ1v) is 12.9. The Bertz CT molecular complexity index is 1360. The summed E-state index contributed by atoms with van der Waals surface area (Å²) in [5, 5.41) is 2.75. The molecule has 4 rings (SSSR count). The number of ether oxygens (including phenoxy) is 2. The molecule has 1 unspecified atom stereocenters. The van der Waals surface area contributed by atoms with Crippen molar-refractivity contribution >= 4 is 63.6 Å². The smallest absolute Gasteiger partial charge is 0.308 e. The van der Waals surface area contributed by atoms with Gasteiger partial charge in [-0.2, -0.15) is 0 Å². The average Bonchev–Trinajstić information content (AvgIpc) is 3.14. The van der Waals surface area contributed by atoms with Crippen molar-refractivity contribution in [2.24, 2.45) is 0 Å². The molecule has 0 bridgehead atoms. The molecule has 2 fully saturated rings. The molecule has 11 nitrogen and oxygen atoms in total. The summed E-state index contributed by atoms with van der Waals surface area (Å²) in [5.41, 5.74) is 0.944. The van der Waals surface area contributed by atoms with Gasteiger partial charge in [0.2, 0.25) is 5.91 Å². The number of aromatic nitrogens is 2. The van der Waals surface area contributed by atoms with Crippen molar-refractivity contribution in [3.8, 4) is 0 Å². The molecule has 4 heterocycles. The standard InChI is InChI=1S/C24H27N5O6S2/c1-14-5-6-18-26-20(27-9-7-25-21(31)16(27)12-19(30)35-3)15(22(32)29(18)13-14)11-17-23(33)28(24(36)37-17)8-4-10-34-2/h5-6,11,13,16H,4,7-10,12H2,1-3H3,(H,25,31)/b17-11-. The third-order valence-corrected chi connectivity index (χ3v) is 7.43. The number of hydrogen-bond donors (Lipinski definition) is 1. The Morgan fingerprint density at radius 3 is 2.81 bits per heavy atom. The minimum atomic E-state index is -0.934. The minimum absolute atomic E-state index is 0.130. The Morgan fingerprint density at radius 1 is 1.30 bits per heavy atom. The lowest BCUT2D eigenvalue weighted by Crippen LogP contribution is -2.57. The van der Waals surface area contributed by atoms with Crippen LogP contribution in [0, 0.1) is 6.92 Å². The van der Waals surface area contributed by atoms with Gasteiger partial charge in [0.15, 0.2) is 0 Å². The maximum Gasteiger partial charge on any atom is 0.308 e. The second-order valence-corrected chi connectivity index (χ2v) is 10.2. The highest BCUT2D eigenvalue weighted by atomic mass is 32.2. The summed E-state index contributed by atoms with van der Waals surface area (Å²) in [6, 6.07) is 2.60. The zero-order valence-corrected chi connectivity index (χ0v) is 22.3. The molecule has 2 aliphatic heterocycles. The number of hydrogen-bond acceptors (Lipinski definition) is 10. The second-order valence-electron chi connectivity index (χ2n) is 8.55. The molecular formula is C24H27N5O6S2. The predicted octanol–water partition coefficient (Wildman–Crippen LogP) is 1.11. The Balaban J connectivity index is 1.84. The first-order chi connectivity index (χ1) is 17.7. The number of anilines is 1. The van der Waals surface area contributed by atoms with E-state index in [0.29, 0.717) is 42.6 Å². The Labute approximate surface area is 222 Å². The number of pyridine rings is 1. The molecule has 1 N–H and O–H groups in total. The summed E-state index contributed by atoms with van der Waals surface area (Å²) in [6.07, 6.45) is 3.53. The lowest BCUT2D eigenvalue weighted by molar-refractivity contribution is -0.143. The van der Waals surface area contributed by atoms with E-state index in [1.165, 1.54) is 22.5 Å². The van der Waals surface area contributed by atoms with Gasteiger partial charge in [0.05, 0.1) is 24.0 Å². The summed E-state index contributed by atoms with van der Waals surface area (Å²) in [7, 11) is 2.83. The molecule has 0 spiro atoms. The van der Waals surface area contributed by atoms with E-state index >= 15 is 0 Å². The lowest BCUT2D eigenvalue weighted by atomic mass is 10.1. The van der Waals surface area contributed by atoms with E-state index in [2.05, 4.69) is 5.32 Å². The number of aryl methyl sites for hydroxylation is 1. The Morgan fingerprint density at radius 2 is 2.08 bits per heavy atom. The highest BCUT2D eigenvalue weighted by molar-refractivity contribution is 8.26. The average molecular weight is 546 g/mol. The van der Waals surface area contributed by atoms with Gasteiger partial charge in [-0.1, -0.05) is 30.0 Å². The fourth-order valence-corrected chi connectivity index (χ4v) is 5.49. The van der Waals surface area contributed by atoms with Crippen LogP contribution in [0.5, 0.6) is 0 Å². The van der Waals surface area contributed by atoms with Gasteiger partial charge in [-0.25, -0.2) is 4.98 Å². The maximum absolute atomic E-state index is 13.8. The van der Waals surface area contributed by atoms with Gasteiger partial charge in [0, 0.05) is 39.5 Å². The quantitative estimate of drug-likeness (QED) is 0.223. The van der Waals surface area contributed by atoms with Crippen LogP contribution < -0.4 is 15.8 Å². The summed E-state index contributed by atoms with van der Waals surface area (Å²) in [6.45, 7) is 3.33. The number of thiocarbonyl (C=S) groups is 1. The highest BCUT2D eigenvalue weighted by Crippen LogP contribution is 2.34. The number of rotatable bonds is 8. The molecular weight excluding hydrogens is 518 g/mol. The van der Waals surface area contributed by atoms with Gasteiger partial charge in [0.25, 0.3) is 11.5 Å². The van der Waals surface area contributed by atoms with Gasteiger partial charge >= 0.3 is 5.97 Å². The van der Waals surface area contributed by atoms with Crippen LogP contribution in [0.15, 0.2) is 28.0 Å². The lowest BCUT2D eigenvalue weighted by Gasteiger charge is -2.36. The first-order valence-electron chi connectivity index (χ1n) is 11.6. The number of esters is 1. The van der Waals surface area contributed by atoms with Gasteiger partial charge in [0.1, 0.15) is 21.8 Å². The molecule has 2 aromatic rings. The van der Waals surface area contributed by atoms with Crippen LogP contribution in [0.3, 0.4) is 0 Å². The van der Waals surface area contributed by atoms with Crippen molar-refractivity contribution in [2.45, 2.75) is 25.8 Å². The molecule has 0 radical (unpaired) electrons. The number of thioether (sulfide) groups is 1. The first kappa shape index (κ1) is 26.8. The van der Waals surface area contributed by atoms with Crippen LogP contribution >= 0.6 is 24.0 Å². The largest absolute Gasteiger partial charge is 0.469 e. The van der Waals surface area contributed by atoms with Crippen LogP contribution in [0.2, 0.25) is 0 Å². The van der Waals surface area contributed by atoms with Crippen molar-refractivity contribution in [1.82, 2.24) is 19.6 Å². The fraction of sp³-hybridized carbons (Fsp3) is 0.417. The van der Waals surface area contributed by atoms with Gasteiger partial charge < -0.3 is 19.7 Å². The Hall–Kier alpha value is -3.29. The summed E-state index contributed by atoms with van der Waals surface area (Å²) < 4.78 is 11.7. The number of nitrogens with zero attached hydrogens (tertiary/aromatic N) is 4. The minimum Gasteiger partial charge on any atom is -0.469 e. The van der Waals surface area contributed by atoms with Gasteiger partial charge in [-0.05, 0) is 31.1 Å². The Kier molecular flexibility index (Phi) is 8.25. The molecule has 2 aliphatic rings. The third-order valence-electron chi connectivity index (χ3n) is 6.06. The van der Waals surface area contributed by atoms with Crippen molar-refractivity contribution in [3.05, 3.63) is 44.7 Å². The van der Waals surface area contributed by atoms with Crippen molar-refractivity contribution in [1.29, 1.82) is 0 Å². The van der Waals surface area contributed by atoms with E-state index in [-0.39, 0.29) is 34.5 Å². The van der Waals surface area contributed by atoms with Crippen LogP contribution in [0.1, 0.15) is 24.0 Å². The van der Waals surface area contributed by atoms with E-state index in [9.17, 15) is 19.2 Å². The zero-order chi connectivity index (χ0) is 26.7. The highest BCUT2D eigenvalue weighted by Gasteiger charge is 2.36. The molecule has 0 saturated carbocycles. The normalized spacial score (nSPS) is 19.2. The van der Waals surface area contributed by atoms with E-state index in [1.54, 1.807) is 24.3 Å². The molecule has 2 aromatic heterocycles. The molecule has 13 heteroatoms. The predicted molar refractivity (Wildman–Crippen MR) is 143 cm³/mol. The number of piperazine rings is 1. The third kappa shape index (κ3) is 5.53. The topological polar surface area (TPSA) is 123 Å². The van der Waals surface area contributed by atoms with Crippen LogP contribution in [-0.4, -0.2) is 82.9 Å². The number of carbonyl (C=O) groups is 3. The number of nitrogens with one attached hydrogen (secondary N) is 1. The van der Waals surface area contributed by atoms with Gasteiger partial charge in [-0.3, -0.25) is 28.5 Å². The summed E-state index contributed by atoms with van der Waals surface area (Å²) in [5.74, 6) is -1.05. The summed E-state index contributed by atoms with van der Waals surface area (Å²) >= 11 is 6.52. The maximum atomic E-state index is 13.8. The van der Waals surface area contributed by atoms with Gasteiger partial charge in [-0.15, -0.1) is 0 Å². The molecule has 0 aliphatic carbocycles. The monoisotopic (exact) mass is 545 g/mol.